The number of likely N-dealkylation sites (N-methyl/N-ethyl adjacent to an activating group) is 1. The third-order valence-corrected chi connectivity index (χ3v) is 1.89. The van der Waals surface area contributed by atoms with Crippen molar-refractivity contribution in [3.8, 4) is 0 Å². The van der Waals surface area contributed by atoms with Crippen LogP contribution in [0.3, 0.4) is 0 Å². The molecule has 0 aliphatic rings. The number of esters is 2. The van der Waals surface area contributed by atoms with E-state index in [9.17, 15) is 9.59 Å². The van der Waals surface area contributed by atoms with Crippen molar-refractivity contribution in [2.45, 2.75) is 45.3 Å². The smallest absolute Gasteiger partial charge is 0.322 e. The highest BCUT2D eigenvalue weighted by molar-refractivity contribution is 5.77. The molecule has 0 bridgehead atoms. The van der Waals surface area contributed by atoms with Gasteiger partial charge in [0.15, 0.2) is 0 Å². The topological polar surface area (TPSA) is 64.6 Å². The van der Waals surface area contributed by atoms with E-state index < -0.39 is 11.6 Å². The number of carbonyl (C=O) groups excluding carboxylic acids is 2. The Hall–Kier alpha value is -1.10. The highest BCUT2D eigenvalue weighted by Crippen LogP contribution is 2.10. The van der Waals surface area contributed by atoms with E-state index in [-0.39, 0.29) is 18.4 Å². The van der Waals surface area contributed by atoms with Crippen molar-refractivity contribution in [1.29, 1.82) is 0 Å². The molecule has 0 aliphatic carbocycles. The fourth-order valence-electron chi connectivity index (χ4n) is 1.18. The van der Waals surface area contributed by atoms with E-state index in [1.54, 1.807) is 27.8 Å². The maximum atomic E-state index is 11.4. The van der Waals surface area contributed by atoms with Crippen LogP contribution in [0.1, 0.15) is 33.6 Å². The van der Waals surface area contributed by atoms with Crippen molar-refractivity contribution < 1.29 is 19.1 Å². The summed E-state index contributed by atoms with van der Waals surface area (Å²) in [5, 5.41) is 2.79. The van der Waals surface area contributed by atoms with Crippen LogP contribution in [0.4, 0.5) is 0 Å². The molecule has 5 heteroatoms. The highest BCUT2D eigenvalue weighted by Gasteiger charge is 2.21. The second-order valence-corrected chi connectivity index (χ2v) is 4.49. The molecule has 1 atom stereocenters. The normalized spacial score (nSPS) is 13.1. The number of hydrogen-bond donors (Lipinski definition) is 1. The lowest BCUT2D eigenvalue weighted by Gasteiger charge is -2.20. The largest absolute Gasteiger partial charge is 0.468 e. The summed E-state index contributed by atoms with van der Waals surface area (Å²) in [5.41, 5.74) is -0.489. The van der Waals surface area contributed by atoms with Crippen LogP contribution in [-0.4, -0.2) is 37.7 Å². The molecule has 0 heterocycles. The molecular weight excluding hydrogens is 210 g/mol. The molecule has 0 aromatic rings. The third kappa shape index (κ3) is 6.40. The fourth-order valence-corrected chi connectivity index (χ4v) is 1.18. The summed E-state index contributed by atoms with van der Waals surface area (Å²) in [6.45, 7) is 5.42. The number of hydrogen-bond acceptors (Lipinski definition) is 5. The predicted molar refractivity (Wildman–Crippen MR) is 59.9 cm³/mol. The average Bonchev–Trinajstić information content (AvgIpc) is 2.15. The summed E-state index contributed by atoms with van der Waals surface area (Å²) in [6.07, 6.45) is 0.565. The van der Waals surface area contributed by atoms with Crippen LogP contribution in [-0.2, 0) is 19.1 Å². The van der Waals surface area contributed by atoms with Gasteiger partial charge in [-0.05, 0) is 34.2 Å². The van der Waals surface area contributed by atoms with Crippen LogP contribution in [0.5, 0.6) is 0 Å². The number of ether oxygens (including phenoxy) is 2. The molecule has 1 N–H and O–H groups in total. The van der Waals surface area contributed by atoms with E-state index in [4.69, 9.17) is 4.74 Å². The van der Waals surface area contributed by atoms with Gasteiger partial charge in [-0.3, -0.25) is 9.59 Å². The van der Waals surface area contributed by atoms with Gasteiger partial charge in [-0.2, -0.15) is 0 Å². The second-order valence-electron chi connectivity index (χ2n) is 4.49. The Kier molecular flexibility index (Phi) is 6.03. The van der Waals surface area contributed by atoms with E-state index in [0.717, 1.165) is 0 Å². The van der Waals surface area contributed by atoms with E-state index in [1.807, 2.05) is 0 Å². The summed E-state index contributed by atoms with van der Waals surface area (Å²) in [5.74, 6) is -0.678. The Labute approximate surface area is 96.5 Å². The molecule has 0 saturated heterocycles. The van der Waals surface area contributed by atoms with E-state index in [0.29, 0.717) is 6.42 Å². The number of carbonyl (C=O) groups is 2. The SMILES string of the molecule is CNC(CCC(=O)OC(C)(C)C)C(=O)OC. The van der Waals surface area contributed by atoms with Gasteiger partial charge in [-0.1, -0.05) is 0 Å². The van der Waals surface area contributed by atoms with Gasteiger partial charge in [0.05, 0.1) is 7.11 Å². The molecule has 5 nitrogen and oxygen atoms in total. The van der Waals surface area contributed by atoms with Gasteiger partial charge in [0.25, 0.3) is 0 Å². The first-order valence-corrected chi connectivity index (χ1v) is 5.27. The van der Waals surface area contributed by atoms with Crippen LogP contribution >= 0.6 is 0 Å². The molecule has 1 unspecified atom stereocenters. The minimum atomic E-state index is -0.489. The molecule has 16 heavy (non-hydrogen) atoms. The molecule has 0 rings (SSSR count). The molecule has 0 spiro atoms. The number of rotatable bonds is 5. The zero-order valence-corrected chi connectivity index (χ0v) is 10.6. The highest BCUT2D eigenvalue weighted by atomic mass is 16.6. The van der Waals surface area contributed by atoms with Crippen LogP contribution in [0.15, 0.2) is 0 Å². The second kappa shape index (κ2) is 6.48. The van der Waals surface area contributed by atoms with Gasteiger partial charge in [0.2, 0.25) is 0 Å². The zero-order valence-electron chi connectivity index (χ0n) is 10.6. The standard InChI is InChI=1S/C11H21NO4/c1-11(2,3)16-9(13)7-6-8(12-4)10(14)15-5/h8,12H,6-7H2,1-5H3. The Balaban J connectivity index is 4.03. The Morgan fingerprint density at radius 1 is 1.31 bits per heavy atom. The molecule has 0 amide bonds. The quantitative estimate of drug-likeness (QED) is 0.711. The molecule has 0 aromatic carbocycles. The molecule has 0 radical (unpaired) electrons. The van der Waals surface area contributed by atoms with Crippen molar-refractivity contribution in [1.82, 2.24) is 5.32 Å². The fraction of sp³-hybridized carbons (Fsp3) is 0.818. The minimum Gasteiger partial charge on any atom is -0.468 e. The molecule has 0 fully saturated rings. The van der Waals surface area contributed by atoms with Gasteiger partial charge in [0.1, 0.15) is 11.6 Å². The summed E-state index contributed by atoms with van der Waals surface area (Å²) >= 11 is 0. The molecule has 0 aromatic heterocycles. The Morgan fingerprint density at radius 2 is 1.88 bits per heavy atom. The van der Waals surface area contributed by atoms with Crippen LogP contribution in [0, 0.1) is 0 Å². The molecule has 0 aliphatic heterocycles. The third-order valence-electron chi connectivity index (χ3n) is 1.89. The van der Waals surface area contributed by atoms with Gasteiger partial charge in [-0.25, -0.2) is 0 Å². The van der Waals surface area contributed by atoms with E-state index >= 15 is 0 Å². The lowest BCUT2D eigenvalue weighted by Crippen LogP contribution is -2.36. The zero-order chi connectivity index (χ0) is 12.8. The number of nitrogens with one attached hydrogen (secondary N) is 1. The monoisotopic (exact) mass is 231 g/mol. The maximum Gasteiger partial charge on any atom is 0.322 e. The van der Waals surface area contributed by atoms with Crippen molar-refractivity contribution in [2.75, 3.05) is 14.2 Å². The first-order chi connectivity index (χ1) is 7.30. The maximum absolute atomic E-state index is 11.4. The van der Waals surface area contributed by atoms with E-state index in [2.05, 4.69) is 10.1 Å². The van der Waals surface area contributed by atoms with Gasteiger partial charge < -0.3 is 14.8 Å². The van der Waals surface area contributed by atoms with Crippen molar-refractivity contribution in [3.63, 3.8) is 0 Å². The molecular formula is C11H21NO4. The Morgan fingerprint density at radius 3 is 2.25 bits per heavy atom. The van der Waals surface area contributed by atoms with Crippen LogP contribution in [0.25, 0.3) is 0 Å². The van der Waals surface area contributed by atoms with Crippen LogP contribution in [0.2, 0.25) is 0 Å². The minimum absolute atomic E-state index is 0.192. The first-order valence-electron chi connectivity index (χ1n) is 5.27. The van der Waals surface area contributed by atoms with Gasteiger partial charge in [0, 0.05) is 6.42 Å². The predicted octanol–water partition coefficient (Wildman–Crippen LogP) is 0.869. The molecule has 94 valence electrons. The summed E-state index contributed by atoms with van der Waals surface area (Å²) in [7, 11) is 2.97. The van der Waals surface area contributed by atoms with E-state index in [1.165, 1.54) is 7.11 Å². The number of methoxy groups -OCH3 is 1. The average molecular weight is 231 g/mol. The van der Waals surface area contributed by atoms with Gasteiger partial charge in [-0.15, -0.1) is 0 Å². The summed E-state index contributed by atoms with van der Waals surface area (Å²) in [6, 6.07) is -0.461. The molecule has 0 saturated carbocycles. The van der Waals surface area contributed by atoms with Crippen LogP contribution < -0.4 is 5.32 Å². The lowest BCUT2D eigenvalue weighted by molar-refractivity contribution is -0.155. The van der Waals surface area contributed by atoms with Crippen molar-refractivity contribution in [3.05, 3.63) is 0 Å². The lowest BCUT2D eigenvalue weighted by atomic mass is 10.1. The van der Waals surface area contributed by atoms with Crippen molar-refractivity contribution >= 4 is 11.9 Å². The first kappa shape index (κ1) is 14.9. The summed E-state index contributed by atoms with van der Waals surface area (Å²) in [4.78, 5) is 22.6. The van der Waals surface area contributed by atoms with Crippen molar-refractivity contribution in [2.24, 2.45) is 0 Å². The summed E-state index contributed by atoms with van der Waals surface area (Å²) < 4.78 is 9.71. The Bertz CT molecular complexity index is 245. The van der Waals surface area contributed by atoms with Gasteiger partial charge >= 0.3 is 11.9 Å².